The van der Waals surface area contributed by atoms with Crippen molar-refractivity contribution in [3.05, 3.63) is 206 Å². The summed E-state index contributed by atoms with van der Waals surface area (Å²) in [6.45, 7) is 0. The molecule has 2 heterocycles. The van der Waals surface area contributed by atoms with Crippen molar-refractivity contribution in [3.63, 3.8) is 0 Å². The molecular weight excluding hydrogens is 653 g/mol. The second-order valence-electron chi connectivity index (χ2n) is 14.1. The Morgan fingerprint density at radius 3 is 1.63 bits per heavy atom. The number of benzene rings is 9. The van der Waals surface area contributed by atoms with Crippen LogP contribution in [0.3, 0.4) is 0 Å². The van der Waals surface area contributed by atoms with Crippen LogP contribution in [0.2, 0.25) is 0 Å². The topological polar surface area (TPSA) is 9.86 Å². The SMILES string of the molecule is c1ccc(-c2ccc(-n3c4ccccc4c4ccc(-c5ccc6c(c5)c5ccccc5n6-c5ccccc5-c5cccc6ccccc56)cc43)cc2)cc1. The molecule has 9 aromatic carbocycles. The van der Waals surface area contributed by atoms with Gasteiger partial charge in [0.05, 0.1) is 27.8 Å². The molecule has 0 aliphatic heterocycles. The van der Waals surface area contributed by atoms with Crippen LogP contribution >= 0.6 is 0 Å². The van der Waals surface area contributed by atoms with Crippen molar-refractivity contribution >= 4 is 54.4 Å². The van der Waals surface area contributed by atoms with Gasteiger partial charge in [0.1, 0.15) is 0 Å². The molecule has 2 aromatic heterocycles. The minimum atomic E-state index is 1.15. The molecule has 11 rings (SSSR count). The Balaban J connectivity index is 1.08. The third-order valence-corrected chi connectivity index (χ3v) is 11.1. The minimum absolute atomic E-state index is 1.15. The second-order valence-corrected chi connectivity index (χ2v) is 14.1. The predicted octanol–water partition coefficient (Wildman–Crippen LogP) is 14.0. The predicted molar refractivity (Wildman–Crippen MR) is 229 cm³/mol. The molecule has 2 heteroatoms. The lowest BCUT2D eigenvalue weighted by molar-refractivity contribution is 1.18. The number of hydrogen-bond acceptors (Lipinski definition) is 0. The number of aromatic nitrogens is 2. The van der Waals surface area contributed by atoms with Gasteiger partial charge in [0.2, 0.25) is 0 Å². The Bertz CT molecular complexity index is 3190. The van der Waals surface area contributed by atoms with E-state index in [2.05, 4.69) is 215 Å². The lowest BCUT2D eigenvalue weighted by Gasteiger charge is -2.15. The zero-order chi connectivity index (χ0) is 35.6. The molecule has 0 fully saturated rings. The van der Waals surface area contributed by atoms with E-state index in [0.29, 0.717) is 0 Å². The fourth-order valence-corrected chi connectivity index (χ4v) is 8.63. The molecule has 0 bridgehead atoms. The summed E-state index contributed by atoms with van der Waals surface area (Å²) in [5.41, 5.74) is 14.4. The summed E-state index contributed by atoms with van der Waals surface area (Å²) in [7, 11) is 0. The van der Waals surface area contributed by atoms with Crippen LogP contribution in [-0.2, 0) is 0 Å². The van der Waals surface area contributed by atoms with E-state index < -0.39 is 0 Å². The molecular formula is C52H34N2. The minimum Gasteiger partial charge on any atom is -0.309 e. The van der Waals surface area contributed by atoms with E-state index in [4.69, 9.17) is 0 Å². The second kappa shape index (κ2) is 12.2. The Morgan fingerprint density at radius 1 is 0.259 bits per heavy atom. The van der Waals surface area contributed by atoms with E-state index >= 15 is 0 Å². The molecule has 0 aliphatic carbocycles. The molecule has 11 aromatic rings. The summed E-state index contributed by atoms with van der Waals surface area (Å²) < 4.78 is 4.86. The number of nitrogens with zero attached hydrogens (tertiary/aromatic N) is 2. The Kier molecular flexibility index (Phi) is 6.90. The normalized spacial score (nSPS) is 11.7. The first-order valence-electron chi connectivity index (χ1n) is 18.6. The van der Waals surface area contributed by atoms with Crippen molar-refractivity contribution in [1.82, 2.24) is 9.13 Å². The lowest BCUT2D eigenvalue weighted by Crippen LogP contribution is -1.97. The number of rotatable bonds is 5. The van der Waals surface area contributed by atoms with Crippen LogP contribution in [-0.4, -0.2) is 9.13 Å². The highest BCUT2D eigenvalue weighted by Crippen LogP contribution is 2.41. The van der Waals surface area contributed by atoms with Crippen molar-refractivity contribution in [1.29, 1.82) is 0 Å². The first kappa shape index (κ1) is 30.5. The summed E-state index contributed by atoms with van der Waals surface area (Å²) in [6.07, 6.45) is 0. The molecule has 54 heavy (non-hydrogen) atoms. The molecule has 0 atom stereocenters. The van der Waals surface area contributed by atoms with Crippen molar-refractivity contribution in [2.24, 2.45) is 0 Å². The van der Waals surface area contributed by atoms with E-state index in [1.54, 1.807) is 0 Å². The van der Waals surface area contributed by atoms with Crippen LogP contribution < -0.4 is 0 Å². The van der Waals surface area contributed by atoms with Crippen LogP contribution in [0.15, 0.2) is 206 Å². The summed E-state index contributed by atoms with van der Waals surface area (Å²) in [6, 6.07) is 75.2. The van der Waals surface area contributed by atoms with Gasteiger partial charge in [-0.1, -0.05) is 158 Å². The molecule has 0 spiro atoms. The van der Waals surface area contributed by atoms with Crippen LogP contribution in [0.5, 0.6) is 0 Å². The molecule has 0 aliphatic rings. The van der Waals surface area contributed by atoms with Crippen LogP contribution in [0.1, 0.15) is 0 Å². The van der Waals surface area contributed by atoms with Gasteiger partial charge in [-0.05, 0) is 87.1 Å². The maximum atomic E-state index is 2.45. The molecule has 0 saturated heterocycles. The number of fused-ring (bicyclic) bond motifs is 7. The van der Waals surface area contributed by atoms with Crippen molar-refractivity contribution in [3.8, 4) is 44.8 Å². The van der Waals surface area contributed by atoms with Crippen molar-refractivity contribution in [2.75, 3.05) is 0 Å². The fraction of sp³-hybridized carbons (Fsp3) is 0. The van der Waals surface area contributed by atoms with Gasteiger partial charge in [-0.25, -0.2) is 0 Å². The van der Waals surface area contributed by atoms with Gasteiger partial charge >= 0.3 is 0 Å². The molecule has 0 unspecified atom stereocenters. The summed E-state index contributed by atoms with van der Waals surface area (Å²) in [4.78, 5) is 0. The van der Waals surface area contributed by atoms with Gasteiger partial charge in [0.15, 0.2) is 0 Å². The molecule has 0 amide bonds. The van der Waals surface area contributed by atoms with Crippen molar-refractivity contribution in [2.45, 2.75) is 0 Å². The first-order chi connectivity index (χ1) is 26.8. The third-order valence-electron chi connectivity index (χ3n) is 11.1. The van der Waals surface area contributed by atoms with Gasteiger partial charge in [-0.3, -0.25) is 0 Å². The van der Waals surface area contributed by atoms with E-state index in [9.17, 15) is 0 Å². The monoisotopic (exact) mass is 686 g/mol. The smallest absolute Gasteiger partial charge is 0.0547 e. The highest BCUT2D eigenvalue weighted by Gasteiger charge is 2.18. The van der Waals surface area contributed by atoms with E-state index in [-0.39, 0.29) is 0 Å². The van der Waals surface area contributed by atoms with E-state index in [0.717, 1.165) is 5.69 Å². The first-order valence-corrected chi connectivity index (χ1v) is 18.6. The molecule has 2 nitrogen and oxygen atoms in total. The van der Waals surface area contributed by atoms with Gasteiger partial charge in [-0.2, -0.15) is 0 Å². The number of hydrogen-bond donors (Lipinski definition) is 0. The van der Waals surface area contributed by atoms with Gasteiger partial charge < -0.3 is 9.13 Å². The summed E-state index contributed by atoms with van der Waals surface area (Å²) in [5.74, 6) is 0. The molecule has 252 valence electrons. The summed E-state index contributed by atoms with van der Waals surface area (Å²) >= 11 is 0. The zero-order valence-corrected chi connectivity index (χ0v) is 29.5. The Morgan fingerprint density at radius 2 is 0.796 bits per heavy atom. The quantitative estimate of drug-likeness (QED) is 0.171. The standard InChI is InChI=1S/C52H34N2/c1-2-13-35(14-3-1)36-25-29-40(30-26-36)53-48-22-9-7-19-44(48)46-31-27-39(34-52(46)53)38-28-32-51-47(33-38)45-20-8-11-24-50(45)54(51)49-23-10-6-18-43(49)42-21-12-16-37-15-4-5-17-41(37)42/h1-34H. The summed E-state index contributed by atoms with van der Waals surface area (Å²) in [5, 5.41) is 7.51. The fourth-order valence-electron chi connectivity index (χ4n) is 8.63. The van der Waals surface area contributed by atoms with Gasteiger partial charge in [0.25, 0.3) is 0 Å². The Hall–Kier alpha value is -7.16. The van der Waals surface area contributed by atoms with E-state index in [1.807, 2.05) is 0 Å². The highest BCUT2D eigenvalue weighted by molar-refractivity contribution is 6.13. The van der Waals surface area contributed by atoms with Crippen LogP contribution in [0.25, 0.3) is 99.1 Å². The number of para-hydroxylation sites is 3. The maximum absolute atomic E-state index is 2.45. The van der Waals surface area contributed by atoms with Crippen LogP contribution in [0, 0.1) is 0 Å². The van der Waals surface area contributed by atoms with Gasteiger partial charge in [-0.15, -0.1) is 0 Å². The van der Waals surface area contributed by atoms with Crippen molar-refractivity contribution < 1.29 is 0 Å². The average Bonchev–Trinajstić information content (AvgIpc) is 3.76. The van der Waals surface area contributed by atoms with E-state index in [1.165, 1.54) is 93.5 Å². The molecule has 0 saturated carbocycles. The van der Waals surface area contributed by atoms with Gasteiger partial charge in [0, 0.05) is 32.8 Å². The molecule has 0 radical (unpaired) electrons. The maximum Gasteiger partial charge on any atom is 0.0547 e. The lowest BCUT2D eigenvalue weighted by atomic mass is 9.97. The zero-order valence-electron chi connectivity index (χ0n) is 29.5. The largest absolute Gasteiger partial charge is 0.309 e. The van der Waals surface area contributed by atoms with Crippen LogP contribution in [0.4, 0.5) is 0 Å². The highest BCUT2D eigenvalue weighted by atomic mass is 15.0. The molecule has 0 N–H and O–H groups in total. The Labute approximate surface area is 313 Å². The average molecular weight is 687 g/mol. The third kappa shape index (κ3) is 4.74.